The molecule has 1 atom stereocenters. The Morgan fingerprint density at radius 1 is 1.24 bits per heavy atom. The Morgan fingerprint density at radius 2 is 1.82 bits per heavy atom. The Balaban J connectivity index is 2.87. The zero-order valence-electron chi connectivity index (χ0n) is 8.39. The molecule has 0 aliphatic rings. The fourth-order valence-corrected chi connectivity index (χ4v) is 1.29. The van der Waals surface area contributed by atoms with Gasteiger partial charge in [0, 0.05) is 18.3 Å². The van der Waals surface area contributed by atoms with Crippen LogP contribution >= 0.6 is 0 Å². The molecule has 0 saturated carbocycles. The van der Waals surface area contributed by atoms with Crippen molar-refractivity contribution in [3.8, 4) is 0 Å². The largest absolute Gasteiger partial charge is 0.408 e. The predicted molar refractivity (Wildman–Crippen MR) is 46.1 cm³/mol. The molecule has 0 aliphatic carbocycles. The fourth-order valence-electron chi connectivity index (χ4n) is 1.29. The molecule has 0 radical (unpaired) electrons. The van der Waals surface area contributed by atoms with Crippen molar-refractivity contribution in [2.75, 3.05) is 6.54 Å². The van der Waals surface area contributed by atoms with Gasteiger partial charge < -0.3 is 5.73 Å². The third-order valence-electron chi connectivity index (χ3n) is 2.03. The summed E-state index contributed by atoms with van der Waals surface area (Å²) in [7, 11) is 0. The molecule has 1 heterocycles. The summed E-state index contributed by atoms with van der Waals surface area (Å²) in [6.45, 7) is -2.16. The van der Waals surface area contributed by atoms with Gasteiger partial charge in [-0.2, -0.15) is 31.4 Å². The molecular weight excluding hydrogens is 252 g/mol. The lowest BCUT2D eigenvalue weighted by molar-refractivity contribution is -0.148. The van der Waals surface area contributed by atoms with Crippen molar-refractivity contribution in [2.45, 2.75) is 24.8 Å². The second-order valence-electron chi connectivity index (χ2n) is 3.42. The van der Waals surface area contributed by atoms with Crippen LogP contribution in [0.1, 0.15) is 11.5 Å². The van der Waals surface area contributed by atoms with E-state index in [1.807, 2.05) is 0 Å². The molecule has 0 spiro atoms. The lowest BCUT2D eigenvalue weighted by Crippen LogP contribution is -2.27. The summed E-state index contributed by atoms with van der Waals surface area (Å²) in [5.74, 6) is -2.00. The minimum Gasteiger partial charge on any atom is -0.330 e. The highest BCUT2D eigenvalue weighted by Crippen LogP contribution is 2.33. The number of hydrogen-bond acceptors (Lipinski definition) is 2. The maximum Gasteiger partial charge on any atom is 0.408 e. The van der Waals surface area contributed by atoms with Gasteiger partial charge in [-0.3, -0.25) is 4.68 Å². The van der Waals surface area contributed by atoms with Crippen LogP contribution in [0.25, 0.3) is 0 Å². The Labute approximate surface area is 92.2 Å². The quantitative estimate of drug-likeness (QED) is 0.846. The zero-order valence-corrected chi connectivity index (χ0v) is 8.39. The summed E-state index contributed by atoms with van der Waals surface area (Å²) in [6, 6.07) is 0. The number of nitrogens with zero attached hydrogens (tertiary/aromatic N) is 2. The molecule has 0 bridgehead atoms. The van der Waals surface area contributed by atoms with E-state index in [0.717, 1.165) is 6.20 Å². The molecule has 3 nitrogen and oxygen atoms in total. The Kier molecular flexibility index (Phi) is 3.70. The first kappa shape index (κ1) is 13.8. The minimum atomic E-state index is -4.60. The first-order valence-corrected chi connectivity index (χ1v) is 4.49. The van der Waals surface area contributed by atoms with E-state index in [9.17, 15) is 26.3 Å². The normalized spacial score (nSPS) is 15.0. The first-order chi connectivity index (χ1) is 7.63. The van der Waals surface area contributed by atoms with Crippen LogP contribution in [-0.2, 0) is 6.54 Å². The van der Waals surface area contributed by atoms with E-state index in [1.54, 1.807) is 0 Å². The maximum absolute atomic E-state index is 12.4. The Hall–Kier alpha value is -1.25. The van der Waals surface area contributed by atoms with Crippen molar-refractivity contribution in [3.05, 3.63) is 18.0 Å². The van der Waals surface area contributed by atoms with Crippen molar-refractivity contribution >= 4 is 0 Å². The number of alkyl halides is 6. The second kappa shape index (κ2) is 4.55. The van der Waals surface area contributed by atoms with Crippen molar-refractivity contribution in [2.24, 2.45) is 5.73 Å². The van der Waals surface area contributed by atoms with E-state index in [-0.39, 0.29) is 5.56 Å². The maximum atomic E-state index is 12.4. The minimum absolute atomic E-state index is 0.371. The van der Waals surface area contributed by atoms with E-state index in [1.165, 1.54) is 0 Å². The van der Waals surface area contributed by atoms with Gasteiger partial charge in [-0.05, 0) is 0 Å². The van der Waals surface area contributed by atoms with Gasteiger partial charge in [0.2, 0.25) is 0 Å². The number of aromatic nitrogens is 2. The standard InChI is InChI=1S/C8H9F6N3/c9-7(10,11)4-17-3-5(2-16-17)6(1-15)8(12,13)14/h2-3,6H,1,4,15H2. The van der Waals surface area contributed by atoms with Crippen LogP contribution in [0.5, 0.6) is 0 Å². The zero-order chi connectivity index (χ0) is 13.3. The number of hydrogen-bond donors (Lipinski definition) is 1. The average Bonchev–Trinajstić information content (AvgIpc) is 2.48. The lowest BCUT2D eigenvalue weighted by atomic mass is 10.0. The van der Waals surface area contributed by atoms with Crippen LogP contribution in [0.3, 0.4) is 0 Å². The number of nitrogens with two attached hydrogens (primary N) is 1. The van der Waals surface area contributed by atoms with Gasteiger partial charge in [0.15, 0.2) is 0 Å². The predicted octanol–water partition coefficient (Wildman–Crippen LogP) is 2.05. The monoisotopic (exact) mass is 261 g/mol. The molecule has 1 rings (SSSR count). The van der Waals surface area contributed by atoms with Crippen molar-refractivity contribution < 1.29 is 26.3 Å². The molecule has 0 amide bonds. The van der Waals surface area contributed by atoms with Crippen LogP contribution < -0.4 is 5.73 Å². The first-order valence-electron chi connectivity index (χ1n) is 4.49. The Morgan fingerprint density at radius 3 is 2.24 bits per heavy atom. The molecule has 1 aromatic heterocycles. The van der Waals surface area contributed by atoms with Gasteiger partial charge in [0.1, 0.15) is 6.54 Å². The van der Waals surface area contributed by atoms with E-state index >= 15 is 0 Å². The fraction of sp³-hybridized carbons (Fsp3) is 0.625. The van der Waals surface area contributed by atoms with Crippen LogP contribution in [0.2, 0.25) is 0 Å². The van der Waals surface area contributed by atoms with Gasteiger partial charge in [-0.1, -0.05) is 0 Å². The van der Waals surface area contributed by atoms with Crippen molar-refractivity contribution in [3.63, 3.8) is 0 Å². The van der Waals surface area contributed by atoms with Gasteiger partial charge >= 0.3 is 12.4 Å². The highest BCUT2D eigenvalue weighted by molar-refractivity contribution is 5.14. The van der Waals surface area contributed by atoms with Gasteiger partial charge in [0.25, 0.3) is 0 Å². The van der Waals surface area contributed by atoms with E-state index in [2.05, 4.69) is 5.10 Å². The third kappa shape index (κ3) is 3.91. The van der Waals surface area contributed by atoms with Gasteiger partial charge in [-0.25, -0.2) is 0 Å². The number of halogens is 6. The van der Waals surface area contributed by atoms with Crippen LogP contribution in [0, 0.1) is 0 Å². The molecule has 98 valence electrons. The summed E-state index contributed by atoms with van der Waals surface area (Å²) in [5.41, 5.74) is 4.58. The van der Waals surface area contributed by atoms with E-state index < -0.39 is 31.4 Å². The highest BCUT2D eigenvalue weighted by Gasteiger charge is 2.40. The van der Waals surface area contributed by atoms with Crippen LogP contribution in [0.4, 0.5) is 26.3 Å². The molecule has 1 aromatic rings. The van der Waals surface area contributed by atoms with Gasteiger partial charge in [0.05, 0.1) is 12.1 Å². The molecular formula is C8H9F6N3. The van der Waals surface area contributed by atoms with Crippen LogP contribution in [-0.4, -0.2) is 28.7 Å². The summed E-state index contributed by atoms with van der Waals surface area (Å²) >= 11 is 0. The summed E-state index contributed by atoms with van der Waals surface area (Å²) in [4.78, 5) is 0. The molecule has 0 saturated heterocycles. The molecule has 1 unspecified atom stereocenters. The SMILES string of the molecule is NCC(c1cnn(CC(F)(F)F)c1)C(F)(F)F. The average molecular weight is 261 g/mol. The molecule has 9 heteroatoms. The molecule has 2 N–H and O–H groups in total. The Bertz CT molecular complexity index is 366. The van der Waals surface area contributed by atoms with Crippen LogP contribution in [0.15, 0.2) is 12.4 Å². The van der Waals surface area contributed by atoms with Gasteiger partial charge in [-0.15, -0.1) is 0 Å². The van der Waals surface area contributed by atoms with Crippen molar-refractivity contribution in [1.82, 2.24) is 9.78 Å². The van der Waals surface area contributed by atoms with E-state index in [4.69, 9.17) is 5.73 Å². The highest BCUT2D eigenvalue weighted by atomic mass is 19.4. The number of rotatable bonds is 3. The lowest BCUT2D eigenvalue weighted by Gasteiger charge is -2.16. The van der Waals surface area contributed by atoms with E-state index in [0.29, 0.717) is 10.9 Å². The summed E-state index contributed by atoms with van der Waals surface area (Å²) < 4.78 is 73.5. The topological polar surface area (TPSA) is 43.8 Å². The summed E-state index contributed by atoms with van der Waals surface area (Å²) in [6.07, 6.45) is -7.67. The van der Waals surface area contributed by atoms with Crippen molar-refractivity contribution in [1.29, 1.82) is 0 Å². The molecule has 0 aliphatic heterocycles. The second-order valence-corrected chi connectivity index (χ2v) is 3.42. The molecule has 17 heavy (non-hydrogen) atoms. The molecule has 0 fully saturated rings. The molecule has 0 aromatic carbocycles. The third-order valence-corrected chi connectivity index (χ3v) is 2.03. The smallest absolute Gasteiger partial charge is 0.330 e. The summed E-state index contributed by atoms with van der Waals surface area (Å²) in [5, 5.41) is 3.23.